The van der Waals surface area contributed by atoms with Crippen molar-refractivity contribution in [1.29, 1.82) is 0 Å². The van der Waals surface area contributed by atoms with E-state index in [-0.39, 0.29) is 0 Å². The van der Waals surface area contributed by atoms with Crippen LogP contribution >= 0.6 is 0 Å². The van der Waals surface area contributed by atoms with Gasteiger partial charge in [0.05, 0.1) is 33.3 Å². The average molecular weight is 587 g/mol. The van der Waals surface area contributed by atoms with Crippen LogP contribution in [0, 0.1) is 0 Å². The number of pyridine rings is 1. The molecule has 0 fully saturated rings. The lowest BCUT2D eigenvalue weighted by atomic mass is 10.0. The molecule has 0 spiro atoms. The lowest BCUT2D eigenvalue weighted by Gasteiger charge is -2.13. The Morgan fingerprint density at radius 1 is 0.370 bits per heavy atom. The van der Waals surface area contributed by atoms with E-state index in [1.165, 1.54) is 48.9 Å². The molecular weight excluding hydrogens is 560 g/mol. The summed E-state index contributed by atoms with van der Waals surface area (Å²) in [6, 6.07) is 55.9. The van der Waals surface area contributed by atoms with E-state index in [2.05, 4.69) is 142 Å². The molecule has 0 saturated heterocycles. The topological polar surface area (TPSA) is 35.1 Å². The number of aromatic nitrogens is 4. The molecule has 0 bridgehead atoms. The summed E-state index contributed by atoms with van der Waals surface area (Å²) in [5.41, 5.74) is 8.80. The first kappa shape index (κ1) is 25.1. The second kappa shape index (κ2) is 9.62. The zero-order valence-electron chi connectivity index (χ0n) is 24.8. The molecule has 4 nitrogen and oxygen atoms in total. The number of hydrogen-bond acceptors (Lipinski definition) is 2. The minimum Gasteiger partial charge on any atom is -0.309 e. The molecule has 4 aromatic heterocycles. The predicted octanol–water partition coefficient (Wildman–Crippen LogP) is 10.6. The highest BCUT2D eigenvalue weighted by molar-refractivity contribution is 6.22. The number of nitrogens with zero attached hydrogens (tertiary/aromatic N) is 4. The standard InChI is InChI=1S/C42H26N4/c1-3-13-27(14-4-1)35-26-41(44-42(43-35)28-15-5-2-6-16-28)46-38-22-12-9-19-31(38)33-24-32-30-18-8-11-21-37(30)45-36-20-10-7-17-29(36)23-39(45)34(32)25-40(33)46/h1-26H. The molecule has 0 radical (unpaired) electrons. The van der Waals surface area contributed by atoms with Crippen LogP contribution < -0.4 is 0 Å². The van der Waals surface area contributed by atoms with Gasteiger partial charge in [0.2, 0.25) is 0 Å². The van der Waals surface area contributed by atoms with Crippen LogP contribution in [0.1, 0.15) is 0 Å². The lowest BCUT2D eigenvalue weighted by Crippen LogP contribution is -2.02. The maximum absolute atomic E-state index is 5.25. The Kier molecular flexibility index (Phi) is 5.25. The lowest BCUT2D eigenvalue weighted by molar-refractivity contribution is 1.05. The van der Waals surface area contributed by atoms with Gasteiger partial charge in [0.15, 0.2) is 5.82 Å². The van der Waals surface area contributed by atoms with Crippen molar-refractivity contribution in [1.82, 2.24) is 18.9 Å². The SMILES string of the molecule is c1ccc(-c2cc(-n3c4ccccc4c4cc5c6ccccc6n6c7ccccc7cc6c5cc43)nc(-c3ccccc3)n2)cc1. The summed E-state index contributed by atoms with van der Waals surface area (Å²) in [6.07, 6.45) is 0. The Morgan fingerprint density at radius 3 is 1.76 bits per heavy atom. The molecule has 0 saturated carbocycles. The number of fused-ring (bicyclic) bond motifs is 11. The van der Waals surface area contributed by atoms with E-state index < -0.39 is 0 Å². The van der Waals surface area contributed by atoms with Gasteiger partial charge in [-0.25, -0.2) is 9.97 Å². The molecular formula is C42H26N4. The van der Waals surface area contributed by atoms with Gasteiger partial charge in [-0.15, -0.1) is 0 Å². The predicted molar refractivity (Wildman–Crippen MR) is 191 cm³/mol. The van der Waals surface area contributed by atoms with Gasteiger partial charge >= 0.3 is 0 Å². The normalized spacial score (nSPS) is 11.9. The Morgan fingerprint density at radius 2 is 0.978 bits per heavy atom. The van der Waals surface area contributed by atoms with Crippen molar-refractivity contribution in [3.05, 3.63) is 158 Å². The number of para-hydroxylation sites is 3. The van der Waals surface area contributed by atoms with Crippen LogP contribution in [0.4, 0.5) is 0 Å². The summed E-state index contributed by atoms with van der Waals surface area (Å²) in [4.78, 5) is 10.3. The number of hydrogen-bond donors (Lipinski definition) is 0. The van der Waals surface area contributed by atoms with Gasteiger partial charge in [-0.05, 0) is 41.8 Å². The summed E-state index contributed by atoms with van der Waals surface area (Å²) >= 11 is 0. The Labute approximate surface area is 264 Å². The Bertz CT molecular complexity index is 2730. The van der Waals surface area contributed by atoms with Gasteiger partial charge in [0.1, 0.15) is 5.82 Å². The van der Waals surface area contributed by atoms with Crippen LogP contribution in [-0.4, -0.2) is 18.9 Å². The molecule has 0 aliphatic carbocycles. The maximum atomic E-state index is 5.25. The maximum Gasteiger partial charge on any atom is 0.162 e. The zero-order chi connectivity index (χ0) is 30.2. The molecule has 214 valence electrons. The van der Waals surface area contributed by atoms with Crippen molar-refractivity contribution in [2.75, 3.05) is 0 Å². The van der Waals surface area contributed by atoms with Gasteiger partial charge in [-0.1, -0.05) is 115 Å². The summed E-state index contributed by atoms with van der Waals surface area (Å²) in [5.74, 6) is 1.55. The first-order valence-electron chi connectivity index (χ1n) is 15.6. The summed E-state index contributed by atoms with van der Waals surface area (Å²) in [5, 5.41) is 7.34. The third-order valence-electron chi connectivity index (χ3n) is 9.28. The van der Waals surface area contributed by atoms with E-state index in [0.29, 0.717) is 5.82 Å². The molecule has 0 N–H and O–H groups in total. The molecule has 0 aliphatic rings. The zero-order valence-corrected chi connectivity index (χ0v) is 24.8. The van der Waals surface area contributed by atoms with Crippen molar-refractivity contribution in [3.63, 3.8) is 0 Å². The van der Waals surface area contributed by atoms with E-state index >= 15 is 0 Å². The first-order valence-corrected chi connectivity index (χ1v) is 15.6. The molecule has 46 heavy (non-hydrogen) atoms. The fraction of sp³-hybridized carbons (Fsp3) is 0. The minimum absolute atomic E-state index is 0.704. The van der Waals surface area contributed by atoms with E-state index in [0.717, 1.165) is 33.7 Å². The Balaban J connectivity index is 1.37. The molecule has 0 atom stereocenters. The van der Waals surface area contributed by atoms with Crippen molar-refractivity contribution >= 4 is 59.9 Å². The molecule has 10 rings (SSSR count). The summed E-state index contributed by atoms with van der Waals surface area (Å²) < 4.78 is 4.73. The van der Waals surface area contributed by atoms with Crippen LogP contribution in [0.2, 0.25) is 0 Å². The first-order chi connectivity index (χ1) is 22.8. The van der Waals surface area contributed by atoms with Crippen LogP contribution in [-0.2, 0) is 0 Å². The summed E-state index contributed by atoms with van der Waals surface area (Å²) in [7, 11) is 0. The van der Waals surface area contributed by atoms with Crippen LogP contribution in [0.15, 0.2) is 158 Å². The minimum atomic E-state index is 0.704. The fourth-order valence-electron chi connectivity index (χ4n) is 7.23. The van der Waals surface area contributed by atoms with E-state index in [9.17, 15) is 0 Å². The van der Waals surface area contributed by atoms with E-state index in [4.69, 9.17) is 9.97 Å². The smallest absolute Gasteiger partial charge is 0.162 e. The molecule has 0 amide bonds. The highest BCUT2D eigenvalue weighted by Crippen LogP contribution is 2.40. The van der Waals surface area contributed by atoms with Crippen molar-refractivity contribution in [2.24, 2.45) is 0 Å². The molecule has 0 unspecified atom stereocenters. The summed E-state index contributed by atoms with van der Waals surface area (Å²) in [6.45, 7) is 0. The van der Waals surface area contributed by atoms with E-state index in [1.54, 1.807) is 0 Å². The molecule has 4 heteroatoms. The number of benzene rings is 6. The van der Waals surface area contributed by atoms with Gasteiger partial charge < -0.3 is 4.40 Å². The molecule has 6 aromatic carbocycles. The molecule has 4 heterocycles. The monoisotopic (exact) mass is 586 g/mol. The van der Waals surface area contributed by atoms with Gasteiger partial charge in [-0.2, -0.15) is 0 Å². The quantitative estimate of drug-likeness (QED) is 0.193. The Hall–Kier alpha value is -6.26. The number of rotatable bonds is 3. The third-order valence-corrected chi connectivity index (χ3v) is 9.28. The van der Waals surface area contributed by atoms with Gasteiger partial charge in [0, 0.05) is 44.1 Å². The second-order valence-corrected chi connectivity index (χ2v) is 11.9. The van der Waals surface area contributed by atoms with Gasteiger partial charge in [-0.3, -0.25) is 4.57 Å². The molecule has 0 aliphatic heterocycles. The third kappa shape index (κ3) is 3.61. The fourth-order valence-corrected chi connectivity index (χ4v) is 7.23. The van der Waals surface area contributed by atoms with Crippen molar-refractivity contribution in [3.8, 4) is 28.5 Å². The van der Waals surface area contributed by atoms with Gasteiger partial charge in [0.25, 0.3) is 0 Å². The van der Waals surface area contributed by atoms with Crippen molar-refractivity contribution in [2.45, 2.75) is 0 Å². The molecule has 10 aromatic rings. The van der Waals surface area contributed by atoms with Crippen LogP contribution in [0.5, 0.6) is 0 Å². The van der Waals surface area contributed by atoms with E-state index in [1.807, 2.05) is 24.3 Å². The van der Waals surface area contributed by atoms with Crippen LogP contribution in [0.3, 0.4) is 0 Å². The second-order valence-electron chi connectivity index (χ2n) is 11.9. The highest BCUT2D eigenvalue weighted by Gasteiger charge is 2.19. The van der Waals surface area contributed by atoms with Crippen LogP contribution in [0.25, 0.3) is 88.4 Å². The van der Waals surface area contributed by atoms with Crippen molar-refractivity contribution < 1.29 is 0 Å². The highest BCUT2D eigenvalue weighted by atomic mass is 15.1. The average Bonchev–Trinajstić information content (AvgIpc) is 3.68. The largest absolute Gasteiger partial charge is 0.309 e.